The van der Waals surface area contributed by atoms with Crippen LogP contribution in [-0.4, -0.2) is 26.5 Å². The summed E-state index contributed by atoms with van der Waals surface area (Å²) in [5, 5.41) is 0.645. The van der Waals surface area contributed by atoms with Crippen LogP contribution in [0.1, 0.15) is 39.6 Å². The van der Waals surface area contributed by atoms with Crippen LogP contribution in [0.3, 0.4) is 0 Å². The van der Waals surface area contributed by atoms with Gasteiger partial charge in [0, 0.05) is 24.9 Å². The van der Waals surface area contributed by atoms with Crippen LogP contribution in [0.15, 0.2) is 58.1 Å². The number of amides is 1. The van der Waals surface area contributed by atoms with Gasteiger partial charge in [0.1, 0.15) is 4.83 Å². The van der Waals surface area contributed by atoms with Crippen molar-refractivity contribution in [3.63, 3.8) is 0 Å². The van der Waals surface area contributed by atoms with E-state index in [-0.39, 0.29) is 17.2 Å². The number of rotatable bonds is 5. The summed E-state index contributed by atoms with van der Waals surface area (Å²) in [4.78, 5) is 43.0. The van der Waals surface area contributed by atoms with Gasteiger partial charge in [0.05, 0.1) is 18.5 Å². The van der Waals surface area contributed by atoms with Crippen LogP contribution in [-0.2, 0) is 37.3 Å². The number of fused-ring (bicyclic) bond motifs is 3. The van der Waals surface area contributed by atoms with Crippen molar-refractivity contribution < 1.29 is 4.79 Å². The van der Waals surface area contributed by atoms with Crippen LogP contribution in [0.5, 0.6) is 0 Å². The summed E-state index contributed by atoms with van der Waals surface area (Å²) in [6.45, 7) is 7.48. The van der Waals surface area contributed by atoms with Gasteiger partial charge >= 0.3 is 5.69 Å². The van der Waals surface area contributed by atoms with E-state index in [0.717, 1.165) is 32.7 Å². The molecule has 1 aliphatic heterocycles. The van der Waals surface area contributed by atoms with Crippen molar-refractivity contribution >= 4 is 27.5 Å². The van der Waals surface area contributed by atoms with Gasteiger partial charge in [0.25, 0.3) is 5.56 Å². The predicted molar refractivity (Wildman–Crippen MR) is 140 cm³/mol. The summed E-state index contributed by atoms with van der Waals surface area (Å²) in [5.41, 5.74) is 4.91. The minimum absolute atomic E-state index is 0.0288. The van der Waals surface area contributed by atoms with Gasteiger partial charge in [-0.3, -0.25) is 18.7 Å². The molecular formula is C28H29N3O3S. The summed E-state index contributed by atoms with van der Waals surface area (Å²) in [7, 11) is 0. The molecule has 0 radical (unpaired) electrons. The smallest absolute Gasteiger partial charge is 0.332 e. The van der Waals surface area contributed by atoms with Crippen LogP contribution < -0.4 is 11.2 Å². The quantitative estimate of drug-likeness (QED) is 0.427. The highest BCUT2D eigenvalue weighted by Crippen LogP contribution is 2.33. The molecule has 0 atom stereocenters. The fourth-order valence-corrected chi connectivity index (χ4v) is 6.23. The Bertz CT molecular complexity index is 1550. The molecule has 0 saturated heterocycles. The number of thiophene rings is 1. The molecule has 1 aliphatic rings. The third-order valence-corrected chi connectivity index (χ3v) is 8.19. The third-order valence-electron chi connectivity index (χ3n) is 6.95. The van der Waals surface area contributed by atoms with E-state index in [1.807, 2.05) is 44.2 Å². The molecule has 7 heteroatoms. The Kier molecular flexibility index (Phi) is 6.19. The lowest BCUT2D eigenvalue weighted by atomic mass is 10.0. The van der Waals surface area contributed by atoms with E-state index in [2.05, 4.69) is 18.2 Å². The molecule has 1 amide bonds. The number of hydrogen-bond donors (Lipinski definition) is 0. The first-order chi connectivity index (χ1) is 16.8. The molecule has 0 aliphatic carbocycles. The van der Waals surface area contributed by atoms with Gasteiger partial charge in [-0.25, -0.2) is 4.79 Å². The average molecular weight is 488 g/mol. The van der Waals surface area contributed by atoms with Crippen molar-refractivity contribution in [2.24, 2.45) is 0 Å². The zero-order valence-electron chi connectivity index (χ0n) is 20.3. The van der Waals surface area contributed by atoms with Crippen molar-refractivity contribution in [1.82, 2.24) is 14.0 Å². The minimum atomic E-state index is -0.277. The molecule has 6 nitrogen and oxygen atoms in total. The number of nitrogens with zero attached hydrogens (tertiary/aromatic N) is 3. The zero-order valence-corrected chi connectivity index (χ0v) is 21.2. The molecule has 35 heavy (non-hydrogen) atoms. The lowest BCUT2D eigenvalue weighted by Crippen LogP contribution is -2.41. The van der Waals surface area contributed by atoms with Gasteiger partial charge in [0.2, 0.25) is 5.91 Å². The molecule has 4 aromatic rings. The minimum Gasteiger partial charge on any atom is -0.337 e. The van der Waals surface area contributed by atoms with E-state index < -0.39 is 0 Å². The third kappa shape index (κ3) is 4.36. The Morgan fingerprint density at radius 2 is 1.80 bits per heavy atom. The summed E-state index contributed by atoms with van der Waals surface area (Å²) in [5.74, 6) is 0.0288. The average Bonchev–Trinajstić information content (AvgIpc) is 3.23. The van der Waals surface area contributed by atoms with Gasteiger partial charge in [-0.15, -0.1) is 11.3 Å². The van der Waals surface area contributed by atoms with E-state index in [1.54, 1.807) is 16.4 Å². The van der Waals surface area contributed by atoms with E-state index in [4.69, 9.17) is 0 Å². The van der Waals surface area contributed by atoms with Crippen LogP contribution in [0.2, 0.25) is 0 Å². The summed E-state index contributed by atoms with van der Waals surface area (Å²) >= 11 is 1.48. The van der Waals surface area contributed by atoms with Crippen molar-refractivity contribution in [1.29, 1.82) is 0 Å². The Labute approximate surface area is 208 Å². The molecule has 0 saturated carbocycles. The number of carbonyl (C=O) groups is 1. The number of hydrogen-bond acceptors (Lipinski definition) is 4. The molecule has 180 valence electrons. The lowest BCUT2D eigenvalue weighted by molar-refractivity contribution is -0.129. The van der Waals surface area contributed by atoms with Crippen LogP contribution in [0.25, 0.3) is 10.2 Å². The molecule has 3 heterocycles. The van der Waals surface area contributed by atoms with Crippen molar-refractivity contribution in [2.45, 2.75) is 53.2 Å². The number of carbonyl (C=O) groups excluding carboxylic acids is 1. The molecule has 0 bridgehead atoms. The normalized spacial score (nSPS) is 13.3. The first-order valence-corrected chi connectivity index (χ1v) is 12.8. The lowest BCUT2D eigenvalue weighted by Gasteiger charge is -2.25. The van der Waals surface area contributed by atoms with Gasteiger partial charge in [-0.05, 0) is 48.9 Å². The fourth-order valence-electron chi connectivity index (χ4n) is 4.89. The van der Waals surface area contributed by atoms with Crippen molar-refractivity contribution in [3.8, 4) is 0 Å². The van der Waals surface area contributed by atoms with E-state index in [1.165, 1.54) is 15.9 Å². The first kappa shape index (κ1) is 23.3. The fraction of sp³-hybridized carbons (Fsp3) is 0.321. The van der Waals surface area contributed by atoms with Gasteiger partial charge in [-0.2, -0.15) is 0 Å². The van der Waals surface area contributed by atoms with E-state index in [9.17, 15) is 14.4 Å². The van der Waals surface area contributed by atoms with Gasteiger partial charge in [0.15, 0.2) is 0 Å². The van der Waals surface area contributed by atoms with E-state index in [0.29, 0.717) is 49.2 Å². The zero-order chi connectivity index (χ0) is 24.7. The highest BCUT2D eigenvalue weighted by atomic mass is 32.1. The molecule has 2 aromatic heterocycles. The second kappa shape index (κ2) is 9.30. The highest BCUT2D eigenvalue weighted by molar-refractivity contribution is 7.18. The standard InChI is InChI=1S/C28H29N3O3S/c1-18-9-10-19(2)22(15-18)16-31-27-25(23-12-13-29(20(3)32)17-24(23)35-27)26(33)30(28(31)34)14-11-21-7-5-4-6-8-21/h4-10,15H,11-14,16-17H2,1-3H3. The molecule has 5 rings (SSSR count). The maximum atomic E-state index is 13.8. The molecule has 0 fully saturated rings. The summed E-state index contributed by atoms with van der Waals surface area (Å²) in [6, 6.07) is 16.2. The van der Waals surface area contributed by atoms with Crippen LogP contribution in [0, 0.1) is 13.8 Å². The second-order valence-corrected chi connectivity index (χ2v) is 10.4. The first-order valence-electron chi connectivity index (χ1n) is 12.0. The van der Waals surface area contributed by atoms with Crippen molar-refractivity contribution in [2.75, 3.05) is 6.54 Å². The van der Waals surface area contributed by atoms with Crippen LogP contribution >= 0.6 is 11.3 Å². The van der Waals surface area contributed by atoms with Crippen LogP contribution in [0.4, 0.5) is 0 Å². The Morgan fingerprint density at radius 3 is 2.54 bits per heavy atom. The Morgan fingerprint density at radius 1 is 1.03 bits per heavy atom. The summed E-state index contributed by atoms with van der Waals surface area (Å²) < 4.78 is 3.18. The maximum Gasteiger partial charge on any atom is 0.332 e. The molecule has 0 N–H and O–H groups in total. The number of benzene rings is 2. The molecule has 0 spiro atoms. The van der Waals surface area contributed by atoms with Gasteiger partial charge in [-0.1, -0.05) is 54.1 Å². The molecule has 2 aromatic carbocycles. The van der Waals surface area contributed by atoms with Gasteiger partial charge < -0.3 is 4.90 Å². The molecule has 0 unspecified atom stereocenters. The number of aromatic nitrogens is 2. The predicted octanol–water partition coefficient (Wildman–Crippen LogP) is 4.04. The maximum absolute atomic E-state index is 13.8. The SMILES string of the molecule is CC(=O)N1CCc2c(sc3c2c(=O)n(CCc2ccccc2)c(=O)n3Cc2cc(C)ccc2C)C1. The Balaban J connectivity index is 1.68. The van der Waals surface area contributed by atoms with E-state index >= 15 is 0 Å². The second-order valence-electron chi connectivity index (χ2n) is 9.37. The largest absolute Gasteiger partial charge is 0.337 e. The van der Waals surface area contributed by atoms with Crippen molar-refractivity contribution in [3.05, 3.63) is 102 Å². The highest BCUT2D eigenvalue weighted by Gasteiger charge is 2.27. The summed E-state index contributed by atoms with van der Waals surface area (Å²) in [6.07, 6.45) is 1.24. The monoisotopic (exact) mass is 487 g/mol. The topological polar surface area (TPSA) is 64.3 Å². The molecular weight excluding hydrogens is 458 g/mol. The Hall–Kier alpha value is -3.45. The number of aryl methyl sites for hydroxylation is 3.